The number of nitrogens with two attached hydrogens (primary N) is 1. The van der Waals surface area contributed by atoms with Gasteiger partial charge in [-0.05, 0) is 39.4 Å². The fourth-order valence-electron chi connectivity index (χ4n) is 2.94. The number of hydrogen-bond donors (Lipinski definition) is 2. The fraction of sp³-hybridized carbons (Fsp3) is 0.783. The molecule has 0 fully saturated rings. The Morgan fingerprint density at radius 2 is 1.82 bits per heavy atom. The van der Waals surface area contributed by atoms with Crippen LogP contribution in [0.3, 0.4) is 0 Å². The second-order valence-corrected chi connectivity index (χ2v) is 7.61. The Morgan fingerprint density at radius 1 is 1.11 bits per heavy atom. The molecule has 0 radical (unpaired) electrons. The molecule has 0 aromatic carbocycles. The first-order chi connectivity index (χ1) is 13.6. The summed E-state index contributed by atoms with van der Waals surface area (Å²) < 4.78 is 5.21. The van der Waals surface area contributed by atoms with Gasteiger partial charge in [-0.1, -0.05) is 63.7 Å². The van der Waals surface area contributed by atoms with Crippen molar-refractivity contribution in [2.75, 3.05) is 40.3 Å². The normalized spacial score (nSPS) is 13.0. The Balaban J connectivity index is 3.46. The van der Waals surface area contributed by atoms with Crippen LogP contribution in [0.5, 0.6) is 0 Å². The molecule has 5 nitrogen and oxygen atoms in total. The van der Waals surface area contributed by atoms with Crippen LogP contribution in [-0.2, 0) is 9.53 Å². The van der Waals surface area contributed by atoms with Crippen LogP contribution in [0.4, 0.5) is 0 Å². The van der Waals surface area contributed by atoms with Crippen molar-refractivity contribution < 1.29 is 9.53 Å². The summed E-state index contributed by atoms with van der Waals surface area (Å²) in [5.41, 5.74) is 6.19. The van der Waals surface area contributed by atoms with E-state index in [1.807, 2.05) is 25.3 Å². The second kappa shape index (κ2) is 20.6. The van der Waals surface area contributed by atoms with Crippen molar-refractivity contribution in [2.45, 2.75) is 77.2 Å². The molecule has 0 aliphatic carbocycles. The van der Waals surface area contributed by atoms with Crippen LogP contribution in [0, 0.1) is 0 Å². The number of nitrogens with zero attached hydrogens (tertiary/aromatic N) is 1. The van der Waals surface area contributed by atoms with Crippen molar-refractivity contribution in [3.63, 3.8) is 0 Å². The molecule has 3 N–H and O–H groups in total. The minimum atomic E-state index is -0.0914. The van der Waals surface area contributed by atoms with Crippen LogP contribution in [0.2, 0.25) is 0 Å². The van der Waals surface area contributed by atoms with Crippen LogP contribution < -0.4 is 11.1 Å². The highest BCUT2D eigenvalue weighted by molar-refractivity contribution is 5.69. The summed E-state index contributed by atoms with van der Waals surface area (Å²) in [4.78, 5) is 14.0. The van der Waals surface area contributed by atoms with E-state index < -0.39 is 0 Å². The number of likely N-dealkylation sites (N-methyl/N-ethyl adjacent to an activating group) is 2. The van der Waals surface area contributed by atoms with Crippen molar-refractivity contribution in [3.05, 3.63) is 24.3 Å². The SMILES string of the molecule is CCCC/C=C/C=C/COC(=O)CCCCCCCC(N)CN(C)CCNC. The van der Waals surface area contributed by atoms with Gasteiger partial charge in [0.1, 0.15) is 6.61 Å². The maximum absolute atomic E-state index is 11.7. The zero-order valence-electron chi connectivity index (χ0n) is 18.6. The number of ether oxygens (including phenoxy) is 1. The summed E-state index contributed by atoms with van der Waals surface area (Å²) in [7, 11) is 4.09. The molecule has 0 aliphatic rings. The Labute approximate surface area is 173 Å². The molecule has 1 unspecified atom stereocenters. The lowest BCUT2D eigenvalue weighted by Gasteiger charge is -2.21. The predicted molar refractivity (Wildman–Crippen MR) is 120 cm³/mol. The third-order valence-electron chi connectivity index (χ3n) is 4.69. The largest absolute Gasteiger partial charge is 0.461 e. The standard InChI is InChI=1S/C23H45N3O2/c1-4-5-6-7-8-12-15-20-28-23(27)17-14-11-9-10-13-16-22(24)21-26(3)19-18-25-2/h7-8,12,15,22,25H,4-6,9-11,13-14,16-21,24H2,1-3H3/b8-7+,15-12+. The van der Waals surface area contributed by atoms with Crippen molar-refractivity contribution in [1.82, 2.24) is 10.2 Å². The topological polar surface area (TPSA) is 67.6 Å². The quantitative estimate of drug-likeness (QED) is 0.196. The summed E-state index contributed by atoms with van der Waals surface area (Å²) in [5, 5.41) is 3.16. The minimum Gasteiger partial charge on any atom is -0.461 e. The van der Waals surface area contributed by atoms with E-state index in [2.05, 4.69) is 30.3 Å². The van der Waals surface area contributed by atoms with E-state index in [0.29, 0.717) is 13.0 Å². The molecule has 164 valence electrons. The van der Waals surface area contributed by atoms with Gasteiger partial charge < -0.3 is 20.7 Å². The van der Waals surface area contributed by atoms with Gasteiger partial charge in [0.05, 0.1) is 0 Å². The van der Waals surface area contributed by atoms with E-state index >= 15 is 0 Å². The molecular weight excluding hydrogens is 350 g/mol. The van der Waals surface area contributed by atoms with Crippen molar-refractivity contribution >= 4 is 5.97 Å². The van der Waals surface area contributed by atoms with Gasteiger partial charge in [-0.15, -0.1) is 0 Å². The van der Waals surface area contributed by atoms with Crippen LogP contribution >= 0.6 is 0 Å². The molecule has 0 heterocycles. The highest BCUT2D eigenvalue weighted by Gasteiger charge is 2.06. The van der Waals surface area contributed by atoms with Crippen LogP contribution in [0.1, 0.15) is 71.1 Å². The van der Waals surface area contributed by atoms with Crippen LogP contribution in [0.15, 0.2) is 24.3 Å². The monoisotopic (exact) mass is 395 g/mol. The van der Waals surface area contributed by atoms with Gasteiger partial charge in [-0.25, -0.2) is 0 Å². The molecule has 0 saturated heterocycles. The number of carbonyl (C=O) groups excluding carboxylic acids is 1. The highest BCUT2D eigenvalue weighted by atomic mass is 16.5. The average molecular weight is 396 g/mol. The van der Waals surface area contributed by atoms with Crippen LogP contribution in [-0.4, -0.2) is 57.2 Å². The molecule has 0 aliphatic heterocycles. The van der Waals surface area contributed by atoms with E-state index in [1.165, 1.54) is 25.7 Å². The maximum Gasteiger partial charge on any atom is 0.306 e. The molecule has 0 spiro atoms. The van der Waals surface area contributed by atoms with E-state index in [0.717, 1.165) is 51.7 Å². The van der Waals surface area contributed by atoms with Gasteiger partial charge in [0.25, 0.3) is 0 Å². The Hall–Kier alpha value is -1.17. The van der Waals surface area contributed by atoms with Gasteiger partial charge in [0, 0.05) is 32.1 Å². The fourth-order valence-corrected chi connectivity index (χ4v) is 2.94. The molecule has 1 atom stereocenters. The number of esters is 1. The lowest BCUT2D eigenvalue weighted by molar-refractivity contribution is -0.142. The number of allylic oxidation sites excluding steroid dienone is 3. The predicted octanol–water partition coefficient (Wildman–Crippen LogP) is 4.04. The summed E-state index contributed by atoms with van der Waals surface area (Å²) in [5.74, 6) is -0.0914. The molecule has 0 aromatic rings. The first-order valence-electron chi connectivity index (χ1n) is 11.2. The summed E-state index contributed by atoms with van der Waals surface area (Å²) >= 11 is 0. The van der Waals surface area contributed by atoms with Gasteiger partial charge in [-0.3, -0.25) is 4.79 Å². The van der Waals surface area contributed by atoms with Gasteiger partial charge in [0.2, 0.25) is 0 Å². The van der Waals surface area contributed by atoms with Crippen molar-refractivity contribution in [1.29, 1.82) is 0 Å². The molecule has 0 bridgehead atoms. The number of hydrogen-bond acceptors (Lipinski definition) is 5. The lowest BCUT2D eigenvalue weighted by Crippen LogP contribution is -2.38. The first kappa shape index (κ1) is 26.8. The third-order valence-corrected chi connectivity index (χ3v) is 4.69. The van der Waals surface area contributed by atoms with Gasteiger partial charge in [0.15, 0.2) is 0 Å². The summed E-state index contributed by atoms with van der Waals surface area (Å²) in [6, 6.07) is 0.256. The Bertz CT molecular complexity index is 411. The highest BCUT2D eigenvalue weighted by Crippen LogP contribution is 2.09. The Morgan fingerprint density at radius 3 is 2.57 bits per heavy atom. The smallest absolute Gasteiger partial charge is 0.306 e. The summed E-state index contributed by atoms with van der Waals surface area (Å²) in [6.45, 7) is 5.55. The van der Waals surface area contributed by atoms with Crippen LogP contribution in [0.25, 0.3) is 0 Å². The van der Waals surface area contributed by atoms with E-state index in [4.69, 9.17) is 10.5 Å². The molecule has 0 aromatic heterocycles. The number of nitrogens with one attached hydrogen (secondary N) is 1. The zero-order valence-corrected chi connectivity index (χ0v) is 18.6. The maximum atomic E-state index is 11.7. The Kier molecular flexibility index (Phi) is 19.7. The van der Waals surface area contributed by atoms with E-state index in [9.17, 15) is 4.79 Å². The zero-order chi connectivity index (χ0) is 20.9. The second-order valence-electron chi connectivity index (χ2n) is 7.61. The number of rotatable bonds is 19. The third kappa shape index (κ3) is 19.6. The first-order valence-corrected chi connectivity index (χ1v) is 11.2. The minimum absolute atomic E-state index is 0.0914. The van der Waals surface area contributed by atoms with E-state index in [-0.39, 0.29) is 12.0 Å². The molecule has 0 amide bonds. The molecule has 0 saturated carbocycles. The molecular formula is C23H45N3O2. The van der Waals surface area contributed by atoms with Gasteiger partial charge in [-0.2, -0.15) is 0 Å². The molecule has 28 heavy (non-hydrogen) atoms. The number of unbranched alkanes of at least 4 members (excludes halogenated alkanes) is 6. The summed E-state index contributed by atoms with van der Waals surface area (Å²) in [6.07, 6.45) is 18.7. The van der Waals surface area contributed by atoms with E-state index in [1.54, 1.807) is 0 Å². The molecule has 0 rings (SSSR count). The molecule has 5 heteroatoms. The number of carbonyl (C=O) groups is 1. The van der Waals surface area contributed by atoms with Gasteiger partial charge >= 0.3 is 5.97 Å². The lowest BCUT2D eigenvalue weighted by atomic mass is 10.1. The van der Waals surface area contributed by atoms with Crippen molar-refractivity contribution in [3.8, 4) is 0 Å². The average Bonchev–Trinajstić information content (AvgIpc) is 2.67. The van der Waals surface area contributed by atoms with Crippen molar-refractivity contribution in [2.24, 2.45) is 5.73 Å².